The molecule has 0 radical (unpaired) electrons. The van der Waals surface area contributed by atoms with Crippen LogP contribution in [0.4, 0.5) is 21.9 Å². The minimum Gasteiger partial charge on any atom is -0.447 e. The molecule has 4 heteroatoms. The van der Waals surface area contributed by atoms with Crippen LogP contribution < -0.4 is 9.80 Å². The first-order valence-electron chi connectivity index (χ1n) is 9.92. The second-order valence-corrected chi connectivity index (χ2v) is 7.87. The maximum absolute atomic E-state index is 13.1. The molecule has 29 heavy (non-hydrogen) atoms. The zero-order valence-corrected chi connectivity index (χ0v) is 17.1. The van der Waals surface area contributed by atoms with Gasteiger partial charge in [-0.1, -0.05) is 68.4 Å². The number of ether oxygens (including phenoxy) is 1. The fraction of sp³-hybridized carbons (Fsp3) is 0.240. The summed E-state index contributed by atoms with van der Waals surface area (Å²) < 4.78 is 5.70. The van der Waals surface area contributed by atoms with Crippen molar-refractivity contribution in [3.8, 4) is 0 Å². The van der Waals surface area contributed by atoms with E-state index in [0.717, 1.165) is 28.2 Å². The van der Waals surface area contributed by atoms with Gasteiger partial charge in [-0.2, -0.15) is 0 Å². The van der Waals surface area contributed by atoms with E-state index in [1.165, 1.54) is 0 Å². The Labute approximate surface area is 172 Å². The van der Waals surface area contributed by atoms with Gasteiger partial charge in [0, 0.05) is 18.2 Å². The summed E-state index contributed by atoms with van der Waals surface area (Å²) in [6.45, 7) is 5.33. The summed E-state index contributed by atoms with van der Waals surface area (Å²) in [6, 6.07) is 26.2. The monoisotopic (exact) mass is 386 g/mol. The van der Waals surface area contributed by atoms with Crippen molar-refractivity contribution in [3.63, 3.8) is 0 Å². The maximum Gasteiger partial charge on any atom is 0.419 e. The molecule has 4 nitrogen and oxygen atoms in total. The molecule has 0 spiro atoms. The lowest BCUT2D eigenvalue weighted by atomic mass is 9.74. The smallest absolute Gasteiger partial charge is 0.419 e. The van der Waals surface area contributed by atoms with Crippen molar-refractivity contribution in [3.05, 3.63) is 90.0 Å². The second kappa shape index (κ2) is 7.63. The Bertz CT molecular complexity index is 965. The first-order valence-corrected chi connectivity index (χ1v) is 9.92. The molecule has 0 aromatic heterocycles. The quantitative estimate of drug-likeness (QED) is 0.573. The third kappa shape index (κ3) is 3.46. The van der Waals surface area contributed by atoms with E-state index in [0.29, 0.717) is 13.2 Å². The summed E-state index contributed by atoms with van der Waals surface area (Å²) in [7, 11) is 2.00. The average molecular weight is 386 g/mol. The van der Waals surface area contributed by atoms with E-state index in [1.807, 2.05) is 73.8 Å². The van der Waals surface area contributed by atoms with Crippen LogP contribution >= 0.6 is 0 Å². The lowest BCUT2D eigenvalue weighted by Crippen LogP contribution is -2.37. The standard InChI is InChI=1S/C25H26N2O2/c1-25(2)20-13-7-9-15-22(20)27(23-16-10-8-14-21(23)25)24(28)29-18-17-26(3)19-11-5-4-6-12-19/h4-16H,17-18H2,1-3H3. The number of likely N-dealkylation sites (N-methyl/N-ethyl adjacent to an activating group) is 1. The van der Waals surface area contributed by atoms with Crippen LogP contribution in [0, 0.1) is 0 Å². The molecular weight excluding hydrogens is 360 g/mol. The Kier molecular flexibility index (Phi) is 5.01. The van der Waals surface area contributed by atoms with E-state index in [9.17, 15) is 4.79 Å². The molecule has 0 saturated heterocycles. The molecule has 0 atom stereocenters. The van der Waals surface area contributed by atoms with Crippen LogP contribution in [-0.4, -0.2) is 26.3 Å². The zero-order chi connectivity index (χ0) is 20.4. The lowest BCUT2D eigenvalue weighted by molar-refractivity contribution is 0.159. The van der Waals surface area contributed by atoms with E-state index >= 15 is 0 Å². The molecule has 3 aromatic carbocycles. The van der Waals surface area contributed by atoms with Crippen LogP contribution in [0.1, 0.15) is 25.0 Å². The average Bonchev–Trinajstić information content (AvgIpc) is 2.74. The van der Waals surface area contributed by atoms with Gasteiger partial charge < -0.3 is 9.64 Å². The Morgan fingerprint density at radius 2 is 1.38 bits per heavy atom. The van der Waals surface area contributed by atoms with Gasteiger partial charge in [-0.25, -0.2) is 9.69 Å². The number of anilines is 3. The molecule has 1 heterocycles. The number of hydrogen-bond donors (Lipinski definition) is 0. The number of benzene rings is 3. The Hall–Kier alpha value is -3.27. The third-order valence-corrected chi connectivity index (χ3v) is 5.67. The van der Waals surface area contributed by atoms with Gasteiger partial charge in [0.05, 0.1) is 17.9 Å². The van der Waals surface area contributed by atoms with Gasteiger partial charge in [-0.15, -0.1) is 0 Å². The predicted octanol–water partition coefficient (Wildman–Crippen LogP) is 5.74. The molecule has 0 aliphatic carbocycles. The highest BCUT2D eigenvalue weighted by atomic mass is 16.6. The zero-order valence-electron chi connectivity index (χ0n) is 17.1. The summed E-state index contributed by atoms with van der Waals surface area (Å²) in [4.78, 5) is 16.9. The summed E-state index contributed by atoms with van der Waals surface area (Å²) in [6.07, 6.45) is -0.345. The van der Waals surface area contributed by atoms with Gasteiger partial charge in [0.15, 0.2) is 0 Å². The van der Waals surface area contributed by atoms with E-state index in [2.05, 4.69) is 30.9 Å². The van der Waals surface area contributed by atoms with Crippen molar-refractivity contribution in [1.29, 1.82) is 0 Å². The van der Waals surface area contributed by atoms with Crippen LogP contribution in [0.25, 0.3) is 0 Å². The topological polar surface area (TPSA) is 32.8 Å². The van der Waals surface area contributed by atoms with E-state index in [4.69, 9.17) is 4.74 Å². The first kappa shape index (κ1) is 19.1. The number of hydrogen-bond acceptors (Lipinski definition) is 3. The maximum atomic E-state index is 13.1. The van der Waals surface area contributed by atoms with Gasteiger partial charge in [-0.3, -0.25) is 0 Å². The minimum absolute atomic E-state index is 0.183. The number of para-hydroxylation sites is 3. The van der Waals surface area contributed by atoms with Crippen molar-refractivity contribution in [2.45, 2.75) is 19.3 Å². The van der Waals surface area contributed by atoms with E-state index in [1.54, 1.807) is 4.90 Å². The Morgan fingerprint density at radius 1 is 0.862 bits per heavy atom. The molecule has 1 aliphatic heterocycles. The number of amides is 1. The van der Waals surface area contributed by atoms with Gasteiger partial charge in [0.25, 0.3) is 0 Å². The van der Waals surface area contributed by atoms with Gasteiger partial charge in [-0.05, 0) is 35.4 Å². The number of carbonyl (C=O) groups is 1. The number of rotatable bonds is 4. The molecule has 0 bridgehead atoms. The summed E-state index contributed by atoms with van der Waals surface area (Å²) >= 11 is 0. The largest absolute Gasteiger partial charge is 0.447 e. The van der Waals surface area contributed by atoms with Gasteiger partial charge in [0.2, 0.25) is 0 Å². The predicted molar refractivity (Wildman–Crippen MR) is 118 cm³/mol. The minimum atomic E-state index is -0.345. The first-order chi connectivity index (χ1) is 14.0. The number of nitrogens with zero attached hydrogens (tertiary/aromatic N) is 2. The molecule has 3 aromatic rings. The second-order valence-electron chi connectivity index (χ2n) is 7.87. The molecule has 0 saturated carbocycles. The highest BCUT2D eigenvalue weighted by molar-refractivity contribution is 6.00. The van der Waals surface area contributed by atoms with Crippen LogP contribution in [0.2, 0.25) is 0 Å². The molecule has 1 amide bonds. The molecule has 148 valence electrons. The van der Waals surface area contributed by atoms with Crippen molar-refractivity contribution in [2.24, 2.45) is 0 Å². The molecular formula is C25H26N2O2. The van der Waals surface area contributed by atoms with Gasteiger partial charge in [0.1, 0.15) is 6.61 Å². The molecule has 4 rings (SSSR count). The van der Waals surface area contributed by atoms with Crippen LogP contribution in [0.3, 0.4) is 0 Å². The molecule has 1 aliphatic rings. The van der Waals surface area contributed by atoms with Crippen LogP contribution in [0.5, 0.6) is 0 Å². The van der Waals surface area contributed by atoms with Crippen molar-refractivity contribution in [2.75, 3.05) is 30.0 Å². The highest BCUT2D eigenvalue weighted by Crippen LogP contribution is 2.48. The summed E-state index contributed by atoms with van der Waals surface area (Å²) in [5.74, 6) is 0. The molecule has 0 N–H and O–H groups in total. The normalized spacial score (nSPS) is 14.0. The Balaban J connectivity index is 1.56. The highest BCUT2D eigenvalue weighted by Gasteiger charge is 2.38. The summed E-state index contributed by atoms with van der Waals surface area (Å²) in [5.41, 5.74) is 4.93. The number of carbonyl (C=O) groups excluding carboxylic acids is 1. The summed E-state index contributed by atoms with van der Waals surface area (Å²) in [5, 5.41) is 0. The number of fused-ring (bicyclic) bond motifs is 2. The third-order valence-electron chi connectivity index (χ3n) is 5.67. The van der Waals surface area contributed by atoms with Crippen molar-refractivity contribution in [1.82, 2.24) is 0 Å². The van der Waals surface area contributed by atoms with Crippen LogP contribution in [0.15, 0.2) is 78.9 Å². The van der Waals surface area contributed by atoms with Crippen molar-refractivity contribution >= 4 is 23.2 Å². The lowest BCUT2D eigenvalue weighted by Gasteiger charge is -2.40. The van der Waals surface area contributed by atoms with E-state index < -0.39 is 0 Å². The van der Waals surface area contributed by atoms with E-state index in [-0.39, 0.29) is 11.5 Å². The molecule has 0 fully saturated rings. The fourth-order valence-corrected chi connectivity index (χ4v) is 4.01. The van der Waals surface area contributed by atoms with Gasteiger partial charge >= 0.3 is 6.09 Å². The SMILES string of the molecule is CN(CCOC(=O)N1c2ccccc2C(C)(C)c2ccccc21)c1ccccc1. The molecule has 0 unspecified atom stereocenters. The van der Waals surface area contributed by atoms with Crippen LogP contribution in [-0.2, 0) is 10.2 Å². The Morgan fingerprint density at radius 3 is 1.97 bits per heavy atom. The van der Waals surface area contributed by atoms with Crippen molar-refractivity contribution < 1.29 is 9.53 Å². The fourth-order valence-electron chi connectivity index (χ4n) is 4.01.